The van der Waals surface area contributed by atoms with Gasteiger partial charge in [-0.1, -0.05) is 17.7 Å². The van der Waals surface area contributed by atoms with Crippen molar-refractivity contribution in [3.05, 3.63) is 28.8 Å². The van der Waals surface area contributed by atoms with Crippen LogP contribution in [0.25, 0.3) is 0 Å². The van der Waals surface area contributed by atoms with Crippen LogP contribution in [0.4, 0.5) is 10.5 Å². The van der Waals surface area contributed by atoms with Crippen LogP contribution in [0.2, 0.25) is 5.02 Å². The lowest BCUT2D eigenvalue weighted by molar-refractivity contribution is -0.116. The number of amides is 3. The minimum absolute atomic E-state index is 0.0653. The Labute approximate surface area is 117 Å². The number of unbranched alkanes of at least 4 members (excludes halogenated alkanes) is 1. The van der Waals surface area contributed by atoms with E-state index in [1.807, 2.05) is 13.0 Å². The molecule has 0 atom stereocenters. The van der Waals surface area contributed by atoms with Crippen LogP contribution in [-0.2, 0) is 4.79 Å². The van der Waals surface area contributed by atoms with Crippen molar-refractivity contribution in [2.45, 2.75) is 26.2 Å². The zero-order chi connectivity index (χ0) is 14.3. The van der Waals surface area contributed by atoms with E-state index in [1.165, 1.54) is 0 Å². The van der Waals surface area contributed by atoms with Crippen LogP contribution in [0.1, 0.15) is 24.8 Å². The SMILES string of the molecule is Cc1ccc(Cl)cc1NC(=O)CCCCNC(N)=O. The zero-order valence-corrected chi connectivity index (χ0v) is 11.6. The molecule has 0 saturated heterocycles. The quantitative estimate of drug-likeness (QED) is 0.701. The van der Waals surface area contributed by atoms with E-state index < -0.39 is 6.03 Å². The standard InChI is InChI=1S/C13H18ClN3O2/c1-9-5-6-10(14)8-11(9)17-12(18)4-2-3-7-16-13(15)19/h5-6,8H,2-4,7H2,1H3,(H,17,18)(H3,15,16,19). The van der Waals surface area contributed by atoms with E-state index in [-0.39, 0.29) is 5.91 Å². The maximum absolute atomic E-state index is 11.7. The highest BCUT2D eigenvalue weighted by atomic mass is 35.5. The van der Waals surface area contributed by atoms with Gasteiger partial charge in [0.25, 0.3) is 0 Å². The lowest BCUT2D eigenvalue weighted by Gasteiger charge is -2.08. The van der Waals surface area contributed by atoms with Gasteiger partial charge in [0.05, 0.1) is 0 Å². The molecule has 1 rings (SSSR count). The van der Waals surface area contributed by atoms with Gasteiger partial charge in [0.15, 0.2) is 0 Å². The van der Waals surface area contributed by atoms with Crippen LogP contribution in [0.5, 0.6) is 0 Å². The molecule has 1 aromatic rings. The van der Waals surface area contributed by atoms with E-state index in [0.29, 0.717) is 30.8 Å². The molecular formula is C13H18ClN3O2. The van der Waals surface area contributed by atoms with Crippen molar-refractivity contribution in [2.24, 2.45) is 5.73 Å². The molecule has 0 heterocycles. The third-order valence-corrected chi connectivity index (χ3v) is 2.84. The second-order valence-corrected chi connectivity index (χ2v) is 4.69. The predicted molar refractivity (Wildman–Crippen MR) is 76.3 cm³/mol. The maximum atomic E-state index is 11.7. The van der Waals surface area contributed by atoms with Crippen LogP contribution < -0.4 is 16.4 Å². The van der Waals surface area contributed by atoms with Crippen molar-refractivity contribution in [2.75, 3.05) is 11.9 Å². The minimum atomic E-state index is -0.543. The van der Waals surface area contributed by atoms with Crippen molar-refractivity contribution >= 4 is 29.2 Å². The van der Waals surface area contributed by atoms with Crippen LogP contribution in [-0.4, -0.2) is 18.5 Å². The molecule has 19 heavy (non-hydrogen) atoms. The van der Waals surface area contributed by atoms with Gasteiger partial charge in [-0.3, -0.25) is 4.79 Å². The number of hydrogen-bond acceptors (Lipinski definition) is 2. The zero-order valence-electron chi connectivity index (χ0n) is 10.8. The lowest BCUT2D eigenvalue weighted by Crippen LogP contribution is -2.30. The average Bonchev–Trinajstić information content (AvgIpc) is 2.33. The third kappa shape index (κ3) is 6.10. The van der Waals surface area contributed by atoms with Crippen LogP contribution in [0.3, 0.4) is 0 Å². The number of nitrogens with one attached hydrogen (secondary N) is 2. The van der Waals surface area contributed by atoms with Gasteiger partial charge in [-0.05, 0) is 37.5 Å². The molecule has 0 unspecified atom stereocenters. The van der Waals surface area contributed by atoms with Gasteiger partial charge >= 0.3 is 6.03 Å². The Bertz CT molecular complexity index is 463. The summed E-state index contributed by atoms with van der Waals surface area (Å²) in [5, 5.41) is 5.88. The monoisotopic (exact) mass is 283 g/mol. The van der Waals surface area contributed by atoms with Gasteiger partial charge in [0, 0.05) is 23.7 Å². The predicted octanol–water partition coefficient (Wildman–Crippen LogP) is 2.43. The largest absolute Gasteiger partial charge is 0.352 e. The van der Waals surface area contributed by atoms with E-state index in [2.05, 4.69) is 10.6 Å². The molecule has 0 radical (unpaired) electrons. The number of hydrogen-bond donors (Lipinski definition) is 3. The molecule has 0 fully saturated rings. The Morgan fingerprint density at radius 2 is 2.05 bits per heavy atom. The highest BCUT2D eigenvalue weighted by Crippen LogP contribution is 2.20. The van der Waals surface area contributed by atoms with Crippen LogP contribution >= 0.6 is 11.6 Å². The summed E-state index contributed by atoms with van der Waals surface area (Å²) in [6.45, 7) is 2.39. The molecule has 3 amide bonds. The highest BCUT2D eigenvalue weighted by Gasteiger charge is 2.05. The third-order valence-electron chi connectivity index (χ3n) is 2.60. The summed E-state index contributed by atoms with van der Waals surface area (Å²) in [4.78, 5) is 22.1. The van der Waals surface area contributed by atoms with Crippen molar-refractivity contribution < 1.29 is 9.59 Å². The van der Waals surface area contributed by atoms with E-state index in [9.17, 15) is 9.59 Å². The van der Waals surface area contributed by atoms with Crippen LogP contribution in [0.15, 0.2) is 18.2 Å². The van der Waals surface area contributed by atoms with Crippen molar-refractivity contribution in [1.82, 2.24) is 5.32 Å². The number of urea groups is 1. The van der Waals surface area contributed by atoms with Gasteiger partial charge in [-0.25, -0.2) is 4.79 Å². The van der Waals surface area contributed by atoms with Crippen molar-refractivity contribution in [1.29, 1.82) is 0 Å². The molecular weight excluding hydrogens is 266 g/mol. The van der Waals surface area contributed by atoms with Crippen LogP contribution in [0, 0.1) is 6.92 Å². The molecule has 0 bridgehead atoms. The fraction of sp³-hybridized carbons (Fsp3) is 0.385. The van der Waals surface area contributed by atoms with E-state index in [1.54, 1.807) is 12.1 Å². The fourth-order valence-electron chi connectivity index (χ4n) is 1.56. The fourth-order valence-corrected chi connectivity index (χ4v) is 1.74. The lowest BCUT2D eigenvalue weighted by atomic mass is 10.2. The Morgan fingerprint density at radius 3 is 2.74 bits per heavy atom. The first kappa shape index (κ1) is 15.3. The number of halogens is 1. The van der Waals surface area contributed by atoms with E-state index in [0.717, 1.165) is 11.3 Å². The number of carbonyl (C=O) groups excluding carboxylic acids is 2. The second kappa shape index (κ2) is 7.63. The average molecular weight is 284 g/mol. The minimum Gasteiger partial charge on any atom is -0.352 e. The molecule has 6 heteroatoms. The van der Waals surface area contributed by atoms with Crippen molar-refractivity contribution in [3.63, 3.8) is 0 Å². The summed E-state index contributed by atoms with van der Waals surface area (Å²) < 4.78 is 0. The number of anilines is 1. The van der Waals surface area contributed by atoms with Gasteiger partial charge in [0.2, 0.25) is 5.91 Å². The summed E-state index contributed by atoms with van der Waals surface area (Å²) in [5.74, 6) is -0.0653. The maximum Gasteiger partial charge on any atom is 0.312 e. The van der Waals surface area contributed by atoms with Gasteiger partial charge < -0.3 is 16.4 Å². The molecule has 1 aromatic carbocycles. The number of nitrogens with two attached hydrogens (primary N) is 1. The number of primary amides is 1. The number of rotatable bonds is 6. The first-order chi connectivity index (χ1) is 8.99. The number of carbonyl (C=O) groups is 2. The molecule has 0 aliphatic heterocycles. The molecule has 0 aliphatic carbocycles. The molecule has 4 N–H and O–H groups in total. The summed E-state index contributed by atoms with van der Waals surface area (Å²) >= 11 is 5.87. The Hall–Kier alpha value is -1.75. The van der Waals surface area contributed by atoms with Crippen molar-refractivity contribution in [3.8, 4) is 0 Å². The smallest absolute Gasteiger partial charge is 0.312 e. The summed E-state index contributed by atoms with van der Waals surface area (Å²) in [6, 6.07) is 4.82. The van der Waals surface area contributed by atoms with E-state index in [4.69, 9.17) is 17.3 Å². The number of aryl methyl sites for hydroxylation is 1. The van der Waals surface area contributed by atoms with Gasteiger partial charge in [-0.2, -0.15) is 0 Å². The topological polar surface area (TPSA) is 84.2 Å². The van der Waals surface area contributed by atoms with Gasteiger partial charge in [0.1, 0.15) is 0 Å². The number of benzene rings is 1. The first-order valence-electron chi connectivity index (χ1n) is 6.08. The molecule has 104 valence electrons. The van der Waals surface area contributed by atoms with Gasteiger partial charge in [-0.15, -0.1) is 0 Å². The normalized spacial score (nSPS) is 10.0. The molecule has 0 aromatic heterocycles. The second-order valence-electron chi connectivity index (χ2n) is 4.26. The Morgan fingerprint density at radius 1 is 1.32 bits per heavy atom. The first-order valence-corrected chi connectivity index (χ1v) is 6.46. The molecule has 0 spiro atoms. The summed E-state index contributed by atoms with van der Waals surface area (Å²) in [5.41, 5.74) is 6.62. The van der Waals surface area contributed by atoms with E-state index >= 15 is 0 Å². The Balaban J connectivity index is 2.31. The molecule has 5 nitrogen and oxygen atoms in total. The Kier molecular flexibility index (Phi) is 6.15. The summed E-state index contributed by atoms with van der Waals surface area (Å²) in [7, 11) is 0. The highest BCUT2D eigenvalue weighted by molar-refractivity contribution is 6.31. The molecule has 0 saturated carbocycles. The molecule has 0 aliphatic rings. The summed E-state index contributed by atoms with van der Waals surface area (Å²) in [6.07, 6.45) is 1.79.